The number of nitrogens with zero attached hydrogens (tertiary/aromatic N) is 1. The summed E-state index contributed by atoms with van der Waals surface area (Å²) < 4.78 is 5.04. The van der Waals surface area contributed by atoms with E-state index in [0.717, 1.165) is 0 Å². The molecule has 0 radical (unpaired) electrons. The maximum absolute atomic E-state index is 11.8. The number of furan rings is 1. The topological polar surface area (TPSA) is 83.7 Å². The normalized spacial score (nSPS) is 10.4. The first-order chi connectivity index (χ1) is 9.65. The molecule has 2 N–H and O–H groups in total. The summed E-state index contributed by atoms with van der Waals surface area (Å²) >= 11 is 0. The van der Waals surface area contributed by atoms with Gasteiger partial charge < -0.3 is 9.73 Å². The summed E-state index contributed by atoms with van der Waals surface area (Å²) in [6.07, 6.45) is 2.91. The molecule has 0 saturated heterocycles. The predicted octanol–water partition coefficient (Wildman–Crippen LogP) is 2.00. The van der Waals surface area contributed by atoms with Crippen LogP contribution in [0, 0.1) is 0 Å². The van der Waals surface area contributed by atoms with Crippen LogP contribution in [0.1, 0.15) is 23.0 Å². The van der Waals surface area contributed by atoms with Crippen molar-refractivity contribution >= 4 is 23.7 Å². The van der Waals surface area contributed by atoms with Crippen molar-refractivity contribution in [3.8, 4) is 0 Å². The van der Waals surface area contributed by atoms with E-state index in [9.17, 15) is 9.59 Å². The van der Waals surface area contributed by atoms with E-state index in [4.69, 9.17) is 4.42 Å². The average molecular weight is 271 g/mol. The Morgan fingerprint density at radius 2 is 2.10 bits per heavy atom. The van der Waals surface area contributed by atoms with E-state index >= 15 is 0 Å². The Kier molecular flexibility index (Phi) is 4.28. The lowest BCUT2D eigenvalue weighted by molar-refractivity contribution is -0.114. The minimum Gasteiger partial charge on any atom is -0.463 e. The van der Waals surface area contributed by atoms with Crippen molar-refractivity contribution in [1.29, 1.82) is 0 Å². The Hall–Kier alpha value is -2.89. The van der Waals surface area contributed by atoms with Gasteiger partial charge in [0.1, 0.15) is 5.76 Å². The van der Waals surface area contributed by atoms with Gasteiger partial charge >= 0.3 is 0 Å². The number of rotatable bonds is 4. The molecular formula is C14H13N3O3. The molecular weight excluding hydrogens is 258 g/mol. The van der Waals surface area contributed by atoms with Crippen molar-refractivity contribution in [3.05, 3.63) is 54.0 Å². The Morgan fingerprint density at radius 3 is 2.80 bits per heavy atom. The lowest BCUT2D eigenvalue weighted by Crippen LogP contribution is -2.18. The molecule has 0 aliphatic carbocycles. The van der Waals surface area contributed by atoms with Crippen LogP contribution in [-0.4, -0.2) is 18.0 Å². The molecule has 6 heteroatoms. The van der Waals surface area contributed by atoms with Crippen LogP contribution < -0.4 is 10.7 Å². The summed E-state index contributed by atoms with van der Waals surface area (Å²) in [5.74, 6) is -0.0318. The van der Waals surface area contributed by atoms with Crippen molar-refractivity contribution in [2.45, 2.75) is 6.92 Å². The van der Waals surface area contributed by atoms with Gasteiger partial charge in [0.2, 0.25) is 5.91 Å². The molecule has 102 valence electrons. The minimum atomic E-state index is -0.375. The van der Waals surface area contributed by atoms with Gasteiger partial charge in [-0.05, 0) is 30.3 Å². The van der Waals surface area contributed by atoms with E-state index in [1.165, 1.54) is 19.4 Å². The second kappa shape index (κ2) is 6.33. The lowest BCUT2D eigenvalue weighted by Gasteiger charge is -2.04. The second-order valence-electron chi connectivity index (χ2n) is 3.98. The number of hydrazone groups is 1. The highest BCUT2D eigenvalue weighted by atomic mass is 16.3. The molecule has 2 amide bonds. The molecule has 2 aromatic rings. The van der Waals surface area contributed by atoms with Crippen LogP contribution in [-0.2, 0) is 4.79 Å². The molecule has 0 spiro atoms. The summed E-state index contributed by atoms with van der Waals surface area (Å²) in [5.41, 5.74) is 3.33. The van der Waals surface area contributed by atoms with Gasteiger partial charge in [0.15, 0.2) is 0 Å². The number of carbonyl (C=O) groups is 2. The van der Waals surface area contributed by atoms with Crippen molar-refractivity contribution in [1.82, 2.24) is 5.43 Å². The number of hydrogen-bond acceptors (Lipinski definition) is 4. The first-order valence-corrected chi connectivity index (χ1v) is 5.90. The third-order valence-electron chi connectivity index (χ3n) is 2.35. The standard InChI is InChI=1S/C14H13N3O3/c1-10(18)16-12-5-2-4-11(8-12)14(19)17-15-9-13-6-3-7-20-13/h2-9H,1H3,(H,16,18)(H,17,19)/b15-9-. The zero-order valence-corrected chi connectivity index (χ0v) is 10.8. The van der Waals surface area contributed by atoms with E-state index in [0.29, 0.717) is 17.0 Å². The Labute approximate surface area is 115 Å². The van der Waals surface area contributed by atoms with Gasteiger partial charge in [0, 0.05) is 18.2 Å². The van der Waals surface area contributed by atoms with Crippen LogP contribution in [0.5, 0.6) is 0 Å². The molecule has 1 aromatic carbocycles. The van der Waals surface area contributed by atoms with E-state index in [2.05, 4.69) is 15.8 Å². The molecule has 1 heterocycles. The number of carbonyl (C=O) groups excluding carboxylic acids is 2. The van der Waals surface area contributed by atoms with Crippen LogP contribution in [0.3, 0.4) is 0 Å². The predicted molar refractivity (Wildman–Crippen MR) is 74.5 cm³/mol. The maximum Gasteiger partial charge on any atom is 0.271 e. The summed E-state index contributed by atoms with van der Waals surface area (Å²) in [4.78, 5) is 22.8. The molecule has 2 rings (SSSR count). The van der Waals surface area contributed by atoms with Gasteiger partial charge in [-0.1, -0.05) is 6.07 Å². The van der Waals surface area contributed by atoms with Crippen molar-refractivity contribution in [2.75, 3.05) is 5.32 Å². The SMILES string of the molecule is CC(=O)Nc1cccc(C(=O)N/N=C\c2ccco2)c1. The summed E-state index contributed by atoms with van der Waals surface area (Å²) in [6.45, 7) is 1.40. The summed E-state index contributed by atoms with van der Waals surface area (Å²) in [6, 6.07) is 10.0. The fraction of sp³-hybridized carbons (Fsp3) is 0.0714. The number of anilines is 1. The Bertz CT molecular complexity index is 633. The van der Waals surface area contributed by atoms with Crippen LogP contribution in [0.4, 0.5) is 5.69 Å². The van der Waals surface area contributed by atoms with Crippen molar-refractivity contribution in [3.63, 3.8) is 0 Å². The largest absolute Gasteiger partial charge is 0.463 e. The first kappa shape index (κ1) is 13.5. The first-order valence-electron chi connectivity index (χ1n) is 5.90. The molecule has 20 heavy (non-hydrogen) atoms. The lowest BCUT2D eigenvalue weighted by atomic mass is 10.2. The van der Waals surface area contributed by atoms with E-state index in [1.54, 1.807) is 36.4 Å². The van der Waals surface area contributed by atoms with Gasteiger partial charge in [0.25, 0.3) is 5.91 Å². The number of benzene rings is 1. The second-order valence-corrected chi connectivity index (χ2v) is 3.98. The number of amides is 2. The number of nitrogens with one attached hydrogen (secondary N) is 2. The fourth-order valence-corrected chi connectivity index (χ4v) is 1.53. The third kappa shape index (κ3) is 3.81. The van der Waals surface area contributed by atoms with Crippen LogP contribution >= 0.6 is 0 Å². The van der Waals surface area contributed by atoms with Gasteiger partial charge in [-0.25, -0.2) is 5.43 Å². The zero-order valence-electron chi connectivity index (χ0n) is 10.8. The van der Waals surface area contributed by atoms with E-state index in [1.807, 2.05) is 0 Å². The Balaban J connectivity index is 2.00. The minimum absolute atomic E-state index is 0.196. The molecule has 0 bridgehead atoms. The maximum atomic E-state index is 11.8. The third-order valence-corrected chi connectivity index (χ3v) is 2.35. The van der Waals surface area contributed by atoms with Crippen molar-refractivity contribution in [2.24, 2.45) is 5.10 Å². The molecule has 0 fully saturated rings. The van der Waals surface area contributed by atoms with E-state index in [-0.39, 0.29) is 11.8 Å². The van der Waals surface area contributed by atoms with Gasteiger partial charge in [-0.15, -0.1) is 0 Å². The molecule has 0 aliphatic rings. The van der Waals surface area contributed by atoms with Crippen LogP contribution in [0.25, 0.3) is 0 Å². The highest BCUT2D eigenvalue weighted by Crippen LogP contribution is 2.10. The summed E-state index contributed by atoms with van der Waals surface area (Å²) in [5, 5.41) is 6.38. The quantitative estimate of drug-likeness (QED) is 0.659. The fourth-order valence-electron chi connectivity index (χ4n) is 1.53. The number of hydrogen-bond donors (Lipinski definition) is 2. The molecule has 6 nitrogen and oxygen atoms in total. The highest BCUT2D eigenvalue weighted by molar-refractivity contribution is 5.97. The van der Waals surface area contributed by atoms with Gasteiger partial charge in [-0.3, -0.25) is 9.59 Å². The molecule has 0 aliphatic heterocycles. The molecule has 0 saturated carbocycles. The Morgan fingerprint density at radius 1 is 1.25 bits per heavy atom. The highest BCUT2D eigenvalue weighted by Gasteiger charge is 2.05. The van der Waals surface area contributed by atoms with Gasteiger partial charge in [-0.2, -0.15) is 5.10 Å². The zero-order chi connectivity index (χ0) is 14.4. The molecule has 0 atom stereocenters. The molecule has 0 unspecified atom stereocenters. The van der Waals surface area contributed by atoms with Crippen LogP contribution in [0.15, 0.2) is 52.2 Å². The average Bonchev–Trinajstić information content (AvgIpc) is 2.91. The smallest absolute Gasteiger partial charge is 0.271 e. The molecule has 1 aromatic heterocycles. The van der Waals surface area contributed by atoms with Crippen molar-refractivity contribution < 1.29 is 14.0 Å². The monoisotopic (exact) mass is 271 g/mol. The van der Waals surface area contributed by atoms with E-state index < -0.39 is 0 Å². The van der Waals surface area contributed by atoms with Crippen LogP contribution in [0.2, 0.25) is 0 Å². The summed E-state index contributed by atoms with van der Waals surface area (Å²) in [7, 11) is 0. The van der Waals surface area contributed by atoms with Gasteiger partial charge in [0.05, 0.1) is 12.5 Å².